The number of phenolic OH excluding ortho intramolecular Hbond substituents is 1. The number of aliphatic hydroxyl groups is 3. The van der Waals surface area contributed by atoms with Crippen LogP contribution in [0.3, 0.4) is 0 Å². The highest BCUT2D eigenvalue weighted by atomic mass is 16.3. The van der Waals surface area contributed by atoms with Crippen LogP contribution in [0.15, 0.2) is 53.0 Å². The van der Waals surface area contributed by atoms with Gasteiger partial charge in [0.1, 0.15) is 22.8 Å². The number of primary amides is 1. The second kappa shape index (κ2) is 11.9. The Kier molecular flexibility index (Phi) is 8.45. The van der Waals surface area contributed by atoms with Gasteiger partial charge in [0.25, 0.3) is 5.91 Å². The Morgan fingerprint density at radius 1 is 1.00 bits per heavy atom. The fraction of sp³-hybridized carbons (Fsp3) is 0.394. The summed E-state index contributed by atoms with van der Waals surface area (Å²) in [5.74, 6) is -7.19. The smallest absolute Gasteiger partial charge is 0.319 e. The molecule has 4 unspecified atom stereocenters. The van der Waals surface area contributed by atoms with Crippen molar-refractivity contribution in [2.75, 3.05) is 57.4 Å². The van der Waals surface area contributed by atoms with Crippen molar-refractivity contribution < 1.29 is 39.6 Å². The average molecular weight is 649 g/mol. The van der Waals surface area contributed by atoms with Crippen LogP contribution in [0, 0.1) is 11.8 Å². The Balaban J connectivity index is 1.52. The molecule has 3 aliphatic carbocycles. The van der Waals surface area contributed by atoms with Crippen LogP contribution in [-0.4, -0.2) is 103 Å². The predicted octanol–water partition coefficient (Wildman–Crippen LogP) is 1.57. The van der Waals surface area contributed by atoms with Crippen LogP contribution in [0.25, 0.3) is 0 Å². The number of aromatic hydroxyl groups is 1. The third kappa shape index (κ3) is 5.32. The number of likely N-dealkylation sites (N-methyl/N-ethyl adjacent to an activating group) is 1. The molecule has 14 nitrogen and oxygen atoms in total. The number of carbonyl (C=O) groups is 4. The number of Topliss-reactive ketones (excluding diaryl/α,β-unsaturated/α-hetero) is 2. The van der Waals surface area contributed by atoms with Crippen LogP contribution in [0.5, 0.6) is 5.75 Å². The van der Waals surface area contributed by atoms with Gasteiger partial charge in [-0.2, -0.15) is 0 Å². The Morgan fingerprint density at radius 2 is 1.64 bits per heavy atom. The van der Waals surface area contributed by atoms with Gasteiger partial charge in [-0.05, 0) is 68.8 Å². The van der Waals surface area contributed by atoms with Crippen LogP contribution in [0.4, 0.5) is 21.9 Å². The summed E-state index contributed by atoms with van der Waals surface area (Å²) in [6.45, 7) is -0.162. The molecular formula is C33H40N6O8. The number of anilines is 3. The maximum atomic E-state index is 14.2. The molecule has 3 amide bonds. The molecule has 8 N–H and O–H groups in total. The number of rotatable bonds is 7. The molecule has 250 valence electrons. The van der Waals surface area contributed by atoms with E-state index < -0.39 is 69.8 Å². The van der Waals surface area contributed by atoms with Gasteiger partial charge in [0.2, 0.25) is 5.78 Å². The van der Waals surface area contributed by atoms with Gasteiger partial charge in [0.15, 0.2) is 11.4 Å². The molecule has 14 heteroatoms. The van der Waals surface area contributed by atoms with E-state index in [1.165, 1.54) is 4.90 Å². The molecule has 0 saturated carbocycles. The molecule has 3 aliphatic rings. The first-order valence-electron chi connectivity index (χ1n) is 15.0. The maximum absolute atomic E-state index is 14.2. The third-order valence-electron chi connectivity index (χ3n) is 9.34. The first-order chi connectivity index (χ1) is 22.0. The van der Waals surface area contributed by atoms with E-state index in [0.29, 0.717) is 16.9 Å². The van der Waals surface area contributed by atoms with Gasteiger partial charge >= 0.3 is 6.03 Å². The maximum Gasteiger partial charge on any atom is 0.319 e. The van der Waals surface area contributed by atoms with Gasteiger partial charge in [0.05, 0.1) is 11.6 Å². The number of benzene rings is 2. The minimum atomic E-state index is -2.73. The molecule has 0 radical (unpaired) electrons. The minimum absolute atomic E-state index is 0.0155. The number of fused-ring (bicyclic) bond motifs is 3. The molecule has 0 heterocycles. The van der Waals surface area contributed by atoms with Crippen molar-refractivity contribution in [1.82, 2.24) is 10.2 Å². The van der Waals surface area contributed by atoms with E-state index in [9.17, 15) is 39.6 Å². The number of phenols is 1. The zero-order valence-corrected chi connectivity index (χ0v) is 27.1. The molecule has 0 spiro atoms. The third-order valence-corrected chi connectivity index (χ3v) is 9.34. The zero-order chi connectivity index (χ0) is 34.7. The Bertz CT molecular complexity index is 1750. The van der Waals surface area contributed by atoms with Gasteiger partial charge in [-0.3, -0.25) is 19.3 Å². The lowest BCUT2D eigenvalue weighted by atomic mass is 9.58. The quantitative estimate of drug-likeness (QED) is 0.214. The molecule has 2 aromatic carbocycles. The van der Waals surface area contributed by atoms with E-state index in [1.54, 1.807) is 51.3 Å². The van der Waals surface area contributed by atoms with E-state index in [0.717, 1.165) is 5.69 Å². The van der Waals surface area contributed by atoms with Gasteiger partial charge < -0.3 is 46.6 Å². The van der Waals surface area contributed by atoms with Crippen LogP contribution in [0.2, 0.25) is 0 Å². The molecule has 0 saturated heterocycles. The lowest BCUT2D eigenvalue weighted by Crippen LogP contribution is -2.63. The topological polar surface area (TPSA) is 209 Å². The number of hydrogen-bond acceptors (Lipinski definition) is 11. The summed E-state index contributed by atoms with van der Waals surface area (Å²) in [4.78, 5) is 57.9. The molecule has 2 aromatic rings. The van der Waals surface area contributed by atoms with Crippen molar-refractivity contribution in [1.29, 1.82) is 0 Å². The highest BCUT2D eigenvalue weighted by molar-refractivity contribution is 6.25. The number of carbonyl (C=O) groups excluding carboxylic acids is 4. The molecule has 0 fully saturated rings. The minimum Gasteiger partial charge on any atom is -0.510 e. The van der Waals surface area contributed by atoms with Gasteiger partial charge in [-0.1, -0.05) is 0 Å². The second-order valence-electron chi connectivity index (χ2n) is 12.9. The number of amides is 3. The summed E-state index contributed by atoms with van der Waals surface area (Å²) in [5.41, 5.74) is 4.21. The fourth-order valence-electron chi connectivity index (χ4n) is 7.08. The first kappa shape index (κ1) is 33.3. The predicted molar refractivity (Wildman–Crippen MR) is 175 cm³/mol. The fourth-order valence-corrected chi connectivity index (χ4v) is 7.08. The summed E-state index contributed by atoms with van der Waals surface area (Å²) in [6.07, 6.45) is 0.130. The molecule has 47 heavy (non-hydrogen) atoms. The number of nitrogens with two attached hydrogens (primary N) is 1. The molecule has 0 aliphatic heterocycles. The number of ketones is 2. The van der Waals surface area contributed by atoms with Crippen molar-refractivity contribution in [3.63, 3.8) is 0 Å². The van der Waals surface area contributed by atoms with E-state index in [1.807, 2.05) is 31.1 Å². The monoisotopic (exact) mass is 648 g/mol. The summed E-state index contributed by atoms with van der Waals surface area (Å²) >= 11 is 0. The van der Waals surface area contributed by atoms with Crippen LogP contribution in [0.1, 0.15) is 27.9 Å². The normalized spacial score (nSPS) is 23.6. The molecule has 4 atom stereocenters. The van der Waals surface area contributed by atoms with E-state index in [4.69, 9.17) is 5.73 Å². The SMILES string of the molecule is CN(C)c1ccc(NC(=O)NCc2cc(N(C)C)c3c(c2O)C(=O)C2=C(O)C4(O)C(=O)C(C(N)=O)=C(O)C(N(C)C)C4CC2C3)cc1. The van der Waals surface area contributed by atoms with Crippen molar-refractivity contribution in [2.24, 2.45) is 17.6 Å². The van der Waals surface area contributed by atoms with Crippen molar-refractivity contribution in [2.45, 2.75) is 31.0 Å². The lowest BCUT2D eigenvalue weighted by Gasteiger charge is -2.50. The highest BCUT2D eigenvalue weighted by Crippen LogP contribution is 2.53. The highest BCUT2D eigenvalue weighted by Gasteiger charge is 2.63. The number of nitrogens with zero attached hydrogens (tertiary/aromatic N) is 3. The van der Waals surface area contributed by atoms with E-state index in [-0.39, 0.29) is 36.1 Å². The number of nitrogens with one attached hydrogen (secondary N) is 2. The molecule has 5 rings (SSSR count). The van der Waals surface area contributed by atoms with Crippen molar-refractivity contribution in [3.8, 4) is 5.75 Å². The first-order valence-corrected chi connectivity index (χ1v) is 15.0. The second-order valence-corrected chi connectivity index (χ2v) is 12.9. The van der Waals surface area contributed by atoms with Gasteiger partial charge in [0, 0.05) is 68.9 Å². The molecular weight excluding hydrogens is 608 g/mol. The number of aliphatic hydroxyl groups excluding tert-OH is 2. The van der Waals surface area contributed by atoms with Crippen molar-refractivity contribution in [3.05, 3.63) is 69.7 Å². The van der Waals surface area contributed by atoms with E-state index >= 15 is 0 Å². The van der Waals surface area contributed by atoms with Crippen LogP contribution in [-0.2, 0) is 22.6 Å². The largest absolute Gasteiger partial charge is 0.510 e. The summed E-state index contributed by atoms with van der Waals surface area (Å²) in [6, 6.07) is 7.22. The Labute approximate surface area is 271 Å². The van der Waals surface area contributed by atoms with Gasteiger partial charge in [-0.15, -0.1) is 0 Å². The Morgan fingerprint density at radius 3 is 2.19 bits per heavy atom. The van der Waals surface area contributed by atoms with Gasteiger partial charge in [-0.25, -0.2) is 4.79 Å². The summed E-state index contributed by atoms with van der Waals surface area (Å²) in [5, 5.41) is 51.2. The lowest BCUT2D eigenvalue weighted by molar-refractivity contribution is -0.148. The summed E-state index contributed by atoms with van der Waals surface area (Å²) in [7, 11) is 10.5. The van der Waals surface area contributed by atoms with Crippen LogP contribution < -0.4 is 26.2 Å². The number of allylic oxidation sites excluding steroid dienone is 1. The zero-order valence-electron chi connectivity index (χ0n) is 27.1. The molecule has 0 aromatic heterocycles. The van der Waals surface area contributed by atoms with Crippen LogP contribution >= 0.6 is 0 Å². The number of hydrogen-bond donors (Lipinski definition) is 7. The van der Waals surface area contributed by atoms with Crippen molar-refractivity contribution >= 4 is 40.6 Å². The summed E-state index contributed by atoms with van der Waals surface area (Å²) < 4.78 is 0. The molecule has 0 bridgehead atoms. The number of urea groups is 1. The average Bonchev–Trinajstić information content (AvgIpc) is 2.98. The Hall–Kier alpha value is -5.08. The van der Waals surface area contributed by atoms with E-state index in [2.05, 4.69) is 10.6 Å². The standard InChI is InChI=1S/C33H40N6O8/c1-37(2)18-9-7-17(8-10-18)36-32(46)35-14-16-13-21(38(3)4)19-11-15-12-20-25(39(5)6)28(42)24(31(34)45)30(44)33(20,47)29(43)22(15)27(41)23(19)26(16)40/h7-10,13,15,20,25,40,42-43,47H,11-12,14H2,1-6H3,(H2,34,45)(H2,35,36,46).